The van der Waals surface area contributed by atoms with Gasteiger partial charge in [-0.15, -0.1) is 0 Å². The highest BCUT2D eigenvalue weighted by Crippen LogP contribution is 2.18. The summed E-state index contributed by atoms with van der Waals surface area (Å²) in [7, 11) is 1.77. The van der Waals surface area contributed by atoms with Crippen LogP contribution in [-0.4, -0.2) is 33.7 Å². The second-order valence-corrected chi connectivity index (χ2v) is 6.69. The molecule has 0 unspecified atom stereocenters. The third-order valence-corrected chi connectivity index (χ3v) is 4.97. The number of anilines is 1. The van der Waals surface area contributed by atoms with E-state index in [9.17, 15) is 4.79 Å². The first kappa shape index (κ1) is 15.9. The van der Waals surface area contributed by atoms with Crippen molar-refractivity contribution in [2.24, 2.45) is 7.05 Å². The van der Waals surface area contributed by atoms with Crippen LogP contribution in [0.1, 0.15) is 18.4 Å². The van der Waals surface area contributed by atoms with Gasteiger partial charge in [-0.25, -0.2) is 4.98 Å². The average molecular weight is 337 g/mol. The lowest BCUT2D eigenvalue weighted by molar-refractivity contribution is 0.419. The molecule has 0 aliphatic carbocycles. The van der Waals surface area contributed by atoms with Crippen molar-refractivity contribution in [3.63, 3.8) is 0 Å². The first-order chi connectivity index (χ1) is 12.2. The van der Waals surface area contributed by atoms with Gasteiger partial charge in [-0.2, -0.15) is 0 Å². The zero-order valence-electron chi connectivity index (χ0n) is 14.4. The van der Waals surface area contributed by atoms with Crippen molar-refractivity contribution in [1.29, 1.82) is 0 Å². The number of nitrogens with one attached hydrogen (secondary N) is 2. The predicted octanol–water partition coefficient (Wildman–Crippen LogP) is 2.02. The molecule has 1 aliphatic heterocycles. The normalized spacial score (nSPS) is 18.0. The number of H-pyrrole nitrogens is 1. The molecule has 1 aromatic carbocycles. The van der Waals surface area contributed by atoms with Crippen molar-refractivity contribution in [3.05, 3.63) is 58.8 Å². The molecule has 4 rings (SSSR count). The minimum Gasteiger partial charge on any atom is -0.361 e. The number of aromatic amines is 1. The quantitative estimate of drug-likeness (QED) is 0.764. The van der Waals surface area contributed by atoms with E-state index in [-0.39, 0.29) is 5.56 Å². The van der Waals surface area contributed by atoms with E-state index in [2.05, 4.69) is 44.5 Å². The molecule has 3 heterocycles. The van der Waals surface area contributed by atoms with E-state index < -0.39 is 0 Å². The Labute approximate surface area is 146 Å². The molecule has 25 heavy (non-hydrogen) atoms. The van der Waals surface area contributed by atoms with Crippen molar-refractivity contribution >= 4 is 16.7 Å². The molecule has 1 fully saturated rings. The minimum absolute atomic E-state index is 0.0284. The average Bonchev–Trinajstić information content (AvgIpc) is 3.12. The summed E-state index contributed by atoms with van der Waals surface area (Å²) < 4.78 is 1.59. The summed E-state index contributed by atoms with van der Waals surface area (Å²) in [4.78, 5) is 22.0. The minimum atomic E-state index is -0.0284. The Morgan fingerprint density at radius 2 is 2.28 bits per heavy atom. The molecule has 3 aromatic rings. The fourth-order valence-electron chi connectivity index (χ4n) is 3.59. The van der Waals surface area contributed by atoms with Gasteiger partial charge in [0.15, 0.2) is 5.82 Å². The topological polar surface area (TPSA) is 66.0 Å². The summed E-state index contributed by atoms with van der Waals surface area (Å²) in [5.41, 5.74) is 2.44. The number of rotatable bonds is 4. The van der Waals surface area contributed by atoms with E-state index >= 15 is 0 Å². The van der Waals surface area contributed by atoms with Crippen LogP contribution in [-0.2, 0) is 13.6 Å². The molecular weight excluding hydrogens is 314 g/mol. The van der Waals surface area contributed by atoms with Crippen molar-refractivity contribution in [2.45, 2.75) is 25.4 Å². The zero-order valence-corrected chi connectivity index (χ0v) is 14.4. The number of aromatic nitrogens is 3. The lowest BCUT2D eigenvalue weighted by Gasteiger charge is -2.33. The summed E-state index contributed by atoms with van der Waals surface area (Å²) in [6, 6.07) is 8.82. The van der Waals surface area contributed by atoms with Crippen LogP contribution in [0.3, 0.4) is 0 Å². The van der Waals surface area contributed by atoms with Crippen molar-refractivity contribution in [2.75, 3.05) is 18.0 Å². The molecule has 1 atom stereocenters. The maximum Gasteiger partial charge on any atom is 0.293 e. The Hall–Kier alpha value is -2.60. The molecule has 2 N–H and O–H groups in total. The van der Waals surface area contributed by atoms with Gasteiger partial charge in [-0.1, -0.05) is 18.2 Å². The Morgan fingerprint density at radius 3 is 3.20 bits per heavy atom. The standard InChI is InChI=1S/C19H23N5O/c1-23-11-9-21-18(19(23)25)24-10-3-6-16(13-24)22-12-15-5-2-4-14-7-8-20-17(14)15/h2,4-5,7-9,11,16,20,22H,3,6,10,12-13H2,1H3/t16-/m1/s1. The molecule has 0 amide bonds. The lowest BCUT2D eigenvalue weighted by atomic mass is 10.0. The Bertz CT molecular complexity index is 929. The van der Waals surface area contributed by atoms with Gasteiger partial charge in [0.05, 0.1) is 0 Å². The number of aryl methyl sites for hydroxylation is 1. The highest BCUT2D eigenvalue weighted by Gasteiger charge is 2.22. The molecule has 1 saturated heterocycles. The van der Waals surface area contributed by atoms with E-state index in [1.807, 2.05) is 6.20 Å². The van der Waals surface area contributed by atoms with Gasteiger partial charge >= 0.3 is 0 Å². The van der Waals surface area contributed by atoms with Crippen LogP contribution < -0.4 is 15.8 Å². The second kappa shape index (κ2) is 6.72. The number of nitrogens with zero attached hydrogens (tertiary/aromatic N) is 3. The Balaban J connectivity index is 1.46. The van der Waals surface area contributed by atoms with Gasteiger partial charge in [0, 0.05) is 56.8 Å². The fourth-order valence-corrected chi connectivity index (χ4v) is 3.59. The molecular formula is C19H23N5O. The molecule has 0 saturated carbocycles. The van der Waals surface area contributed by atoms with E-state index in [1.54, 1.807) is 24.0 Å². The van der Waals surface area contributed by atoms with Crippen molar-refractivity contribution in [1.82, 2.24) is 19.9 Å². The van der Waals surface area contributed by atoms with Gasteiger partial charge in [0.1, 0.15) is 0 Å². The predicted molar refractivity (Wildman–Crippen MR) is 99.9 cm³/mol. The zero-order chi connectivity index (χ0) is 17.2. The smallest absolute Gasteiger partial charge is 0.293 e. The van der Waals surface area contributed by atoms with Gasteiger partial charge in [-0.05, 0) is 29.9 Å². The maximum atomic E-state index is 12.3. The summed E-state index contributed by atoms with van der Waals surface area (Å²) in [6.07, 6.45) is 7.55. The first-order valence-corrected chi connectivity index (χ1v) is 8.77. The monoisotopic (exact) mass is 337 g/mol. The molecule has 1 aliphatic rings. The summed E-state index contributed by atoms with van der Waals surface area (Å²) >= 11 is 0. The van der Waals surface area contributed by atoms with Crippen molar-refractivity contribution < 1.29 is 0 Å². The third-order valence-electron chi connectivity index (χ3n) is 4.97. The third kappa shape index (κ3) is 3.17. The first-order valence-electron chi connectivity index (χ1n) is 8.77. The molecule has 6 nitrogen and oxygen atoms in total. The summed E-state index contributed by atoms with van der Waals surface area (Å²) in [5.74, 6) is 0.558. The van der Waals surface area contributed by atoms with Crippen LogP contribution in [0.15, 0.2) is 47.7 Å². The van der Waals surface area contributed by atoms with Crippen LogP contribution in [0.25, 0.3) is 10.9 Å². The fraction of sp³-hybridized carbons (Fsp3) is 0.368. The number of hydrogen-bond acceptors (Lipinski definition) is 4. The number of hydrogen-bond donors (Lipinski definition) is 2. The Kier molecular flexibility index (Phi) is 4.28. The van der Waals surface area contributed by atoms with Gasteiger partial charge in [-0.3, -0.25) is 4.79 Å². The molecule has 6 heteroatoms. The van der Waals surface area contributed by atoms with Crippen molar-refractivity contribution in [3.8, 4) is 0 Å². The van der Waals surface area contributed by atoms with Gasteiger partial charge < -0.3 is 19.8 Å². The molecule has 2 aromatic heterocycles. The molecule has 130 valence electrons. The number of fused-ring (bicyclic) bond motifs is 1. The van der Waals surface area contributed by atoms with E-state index in [4.69, 9.17) is 0 Å². The van der Waals surface area contributed by atoms with Crippen LogP contribution in [0.4, 0.5) is 5.82 Å². The van der Waals surface area contributed by atoms with E-state index in [0.29, 0.717) is 11.9 Å². The van der Waals surface area contributed by atoms with Crippen LogP contribution in [0.2, 0.25) is 0 Å². The van der Waals surface area contributed by atoms with Crippen LogP contribution in [0.5, 0.6) is 0 Å². The highest BCUT2D eigenvalue weighted by molar-refractivity contribution is 5.82. The highest BCUT2D eigenvalue weighted by atomic mass is 16.1. The second-order valence-electron chi connectivity index (χ2n) is 6.69. The largest absolute Gasteiger partial charge is 0.361 e. The lowest BCUT2D eigenvalue weighted by Crippen LogP contribution is -2.47. The van der Waals surface area contributed by atoms with Gasteiger partial charge in [0.2, 0.25) is 0 Å². The molecule has 0 bridgehead atoms. The summed E-state index contributed by atoms with van der Waals surface area (Å²) in [5, 5.41) is 4.89. The number of benzene rings is 1. The molecule has 0 spiro atoms. The van der Waals surface area contributed by atoms with Crippen LogP contribution in [0, 0.1) is 0 Å². The van der Waals surface area contributed by atoms with E-state index in [1.165, 1.54) is 16.5 Å². The molecule has 0 radical (unpaired) electrons. The SMILES string of the molecule is Cn1ccnc(N2CCC[C@@H](NCc3cccc4cc[nH]c34)C2)c1=O. The number of para-hydroxylation sites is 1. The number of piperidine rings is 1. The summed E-state index contributed by atoms with van der Waals surface area (Å²) in [6.45, 7) is 2.51. The Morgan fingerprint density at radius 1 is 1.36 bits per heavy atom. The van der Waals surface area contributed by atoms with E-state index in [0.717, 1.165) is 32.5 Å². The van der Waals surface area contributed by atoms with Gasteiger partial charge in [0.25, 0.3) is 5.56 Å². The maximum absolute atomic E-state index is 12.3. The van der Waals surface area contributed by atoms with Crippen LogP contribution >= 0.6 is 0 Å².